The number of hydrogen-bond acceptors (Lipinski definition) is 3. The minimum Gasteiger partial charge on any atom is -0.557 e. The maximum absolute atomic E-state index is 6.08. The molecule has 0 fully saturated rings. The number of furan rings is 1. The molecule has 0 bridgehead atoms. The van der Waals surface area contributed by atoms with Crippen LogP contribution in [0.3, 0.4) is 0 Å². The van der Waals surface area contributed by atoms with Gasteiger partial charge in [0.25, 0.3) is 0 Å². The molecular formula is C53H39IrN3O-2. The van der Waals surface area contributed by atoms with Crippen molar-refractivity contribution in [1.82, 2.24) is 14.5 Å². The number of nitrogens with zero attached hydrogens (tertiary/aromatic N) is 3. The zero-order valence-electron chi connectivity index (χ0n) is 32.0. The van der Waals surface area contributed by atoms with E-state index in [0.29, 0.717) is 0 Å². The molecule has 0 saturated carbocycles. The van der Waals surface area contributed by atoms with E-state index < -0.39 is 0 Å². The molecule has 58 heavy (non-hydrogen) atoms. The van der Waals surface area contributed by atoms with Crippen molar-refractivity contribution in [2.45, 2.75) is 19.8 Å². The van der Waals surface area contributed by atoms with Gasteiger partial charge in [0.2, 0.25) is 0 Å². The Morgan fingerprint density at radius 2 is 1.24 bits per heavy atom. The fraction of sp³-hybridized carbons (Fsp3) is 0.0566. The van der Waals surface area contributed by atoms with Gasteiger partial charge in [0.1, 0.15) is 0 Å². The van der Waals surface area contributed by atoms with Gasteiger partial charge in [0, 0.05) is 49.3 Å². The maximum Gasteiger partial charge on any atom is 0.0774 e. The fourth-order valence-electron chi connectivity index (χ4n) is 7.47. The summed E-state index contributed by atoms with van der Waals surface area (Å²) in [5.41, 5.74) is 15.1. The van der Waals surface area contributed by atoms with Gasteiger partial charge in [-0.2, -0.15) is 0 Å². The smallest absolute Gasteiger partial charge is 0.0774 e. The molecule has 10 rings (SSSR count). The van der Waals surface area contributed by atoms with Crippen LogP contribution >= 0.6 is 0 Å². The first-order valence-electron chi connectivity index (χ1n) is 19.3. The van der Waals surface area contributed by atoms with E-state index in [2.05, 4.69) is 168 Å². The molecule has 0 spiro atoms. The van der Waals surface area contributed by atoms with Crippen molar-refractivity contribution in [2.75, 3.05) is 0 Å². The average Bonchev–Trinajstić information content (AvgIpc) is 3.88. The second-order valence-electron chi connectivity index (χ2n) is 14.1. The van der Waals surface area contributed by atoms with Gasteiger partial charge in [-0.1, -0.05) is 150 Å². The molecule has 0 aliphatic rings. The van der Waals surface area contributed by atoms with Crippen LogP contribution < -0.4 is 0 Å². The number of fused-ring (bicyclic) bond motifs is 2. The van der Waals surface area contributed by atoms with E-state index in [4.69, 9.17) is 9.40 Å². The Hall–Kier alpha value is -6.65. The van der Waals surface area contributed by atoms with Crippen LogP contribution in [0, 0.1) is 19.3 Å². The maximum atomic E-state index is 6.08. The van der Waals surface area contributed by atoms with Crippen molar-refractivity contribution in [3.63, 3.8) is 0 Å². The molecule has 283 valence electrons. The van der Waals surface area contributed by atoms with Crippen molar-refractivity contribution in [1.29, 1.82) is 0 Å². The molecule has 7 aromatic carbocycles. The van der Waals surface area contributed by atoms with Gasteiger partial charge in [-0.3, -0.25) is 4.98 Å². The molecule has 0 unspecified atom stereocenters. The molecule has 10 aromatic rings. The minimum absolute atomic E-state index is 0. The average molecular weight is 926 g/mol. The van der Waals surface area contributed by atoms with E-state index in [1.165, 1.54) is 16.7 Å². The SMILES string of the molecule is Cc1cc(-c2ccccc2)c(-n2c(-c3[c-]oc4ccc(CCc5ccccc5)cc34)nc3ccccc32)c(-c2ccccc2)c1.[Ir].[c-]1ccccc1-c1ccccn1. The molecule has 5 heteroatoms. The van der Waals surface area contributed by atoms with Crippen LogP contribution in [0.15, 0.2) is 199 Å². The second-order valence-corrected chi connectivity index (χ2v) is 14.1. The first-order valence-corrected chi connectivity index (χ1v) is 19.3. The Bertz CT molecular complexity index is 2790. The van der Waals surface area contributed by atoms with Crippen LogP contribution in [-0.2, 0) is 32.9 Å². The number of aryl methyl sites for hydroxylation is 3. The van der Waals surface area contributed by atoms with Crippen LogP contribution in [0.2, 0.25) is 0 Å². The summed E-state index contributed by atoms with van der Waals surface area (Å²) >= 11 is 0. The van der Waals surface area contributed by atoms with E-state index >= 15 is 0 Å². The zero-order chi connectivity index (χ0) is 38.4. The summed E-state index contributed by atoms with van der Waals surface area (Å²) in [5, 5.41) is 1.02. The van der Waals surface area contributed by atoms with E-state index in [1.807, 2.05) is 48.5 Å². The Kier molecular flexibility index (Phi) is 11.6. The van der Waals surface area contributed by atoms with E-state index in [0.717, 1.165) is 85.4 Å². The van der Waals surface area contributed by atoms with Crippen molar-refractivity contribution >= 4 is 22.0 Å². The Morgan fingerprint density at radius 1 is 0.603 bits per heavy atom. The van der Waals surface area contributed by atoms with Crippen LogP contribution in [0.4, 0.5) is 0 Å². The third-order valence-electron chi connectivity index (χ3n) is 10.2. The summed E-state index contributed by atoms with van der Waals surface area (Å²) < 4.78 is 8.39. The van der Waals surface area contributed by atoms with Crippen LogP contribution in [0.5, 0.6) is 0 Å². The van der Waals surface area contributed by atoms with Gasteiger partial charge in [-0.15, -0.1) is 35.9 Å². The largest absolute Gasteiger partial charge is 0.557 e. The number of rotatable bonds is 8. The molecule has 3 heterocycles. The van der Waals surface area contributed by atoms with Crippen LogP contribution in [0.25, 0.3) is 72.6 Å². The number of benzene rings is 7. The molecule has 0 amide bonds. The van der Waals surface area contributed by atoms with Gasteiger partial charge in [-0.25, -0.2) is 0 Å². The second kappa shape index (κ2) is 17.7. The van der Waals surface area contributed by atoms with Crippen molar-refractivity contribution in [2.24, 2.45) is 0 Å². The third kappa shape index (κ3) is 8.10. The van der Waals surface area contributed by atoms with Crippen molar-refractivity contribution in [3.05, 3.63) is 223 Å². The van der Waals surface area contributed by atoms with Gasteiger partial charge in [0.15, 0.2) is 0 Å². The first kappa shape index (κ1) is 38.2. The summed E-state index contributed by atoms with van der Waals surface area (Å²) in [4.78, 5) is 9.49. The summed E-state index contributed by atoms with van der Waals surface area (Å²) in [6.45, 7) is 2.17. The Morgan fingerprint density at radius 3 is 1.91 bits per heavy atom. The third-order valence-corrected chi connectivity index (χ3v) is 10.2. The van der Waals surface area contributed by atoms with Gasteiger partial charge in [0.05, 0.1) is 22.5 Å². The molecule has 0 atom stereocenters. The Labute approximate surface area is 352 Å². The number of para-hydroxylation sites is 2. The molecule has 0 aliphatic carbocycles. The molecule has 0 N–H and O–H groups in total. The number of imidazole rings is 1. The number of hydrogen-bond donors (Lipinski definition) is 0. The summed E-state index contributed by atoms with van der Waals surface area (Å²) in [6, 6.07) is 68.2. The van der Waals surface area contributed by atoms with Gasteiger partial charge < -0.3 is 14.0 Å². The van der Waals surface area contributed by atoms with E-state index in [-0.39, 0.29) is 20.1 Å². The minimum atomic E-state index is 0. The molecule has 4 nitrogen and oxygen atoms in total. The van der Waals surface area contributed by atoms with Gasteiger partial charge >= 0.3 is 0 Å². The molecule has 1 radical (unpaired) electrons. The Balaban J connectivity index is 0.000000309. The fourth-order valence-corrected chi connectivity index (χ4v) is 7.47. The quantitative estimate of drug-likeness (QED) is 0.143. The number of aromatic nitrogens is 3. The van der Waals surface area contributed by atoms with E-state index in [9.17, 15) is 0 Å². The van der Waals surface area contributed by atoms with Gasteiger partial charge in [-0.05, 0) is 78.0 Å². The topological polar surface area (TPSA) is 43.9 Å². The summed E-state index contributed by atoms with van der Waals surface area (Å²) in [6.07, 6.45) is 6.98. The van der Waals surface area contributed by atoms with E-state index in [1.54, 1.807) is 6.20 Å². The molecule has 0 aliphatic heterocycles. The number of pyridine rings is 1. The van der Waals surface area contributed by atoms with Crippen molar-refractivity contribution < 1.29 is 24.5 Å². The summed E-state index contributed by atoms with van der Waals surface area (Å²) in [7, 11) is 0. The predicted molar refractivity (Wildman–Crippen MR) is 233 cm³/mol. The van der Waals surface area contributed by atoms with Crippen LogP contribution in [-0.4, -0.2) is 14.5 Å². The predicted octanol–water partition coefficient (Wildman–Crippen LogP) is 13.2. The molecule has 3 aromatic heterocycles. The standard InChI is InChI=1S/C42H31N2O.C11H8N.Ir/c1-29-25-34(32-15-7-3-8-16-32)41(35(26-29)33-17-9-4-10-18-33)44-39-20-12-11-19-38(39)43-42(44)37-28-45-40-24-23-31(27-36(37)40)22-21-30-13-5-2-6-14-30;1-2-6-10(7-3-1)11-8-4-5-9-12-11;/h2-20,23-27H,21-22H2,1H3;1-6,8-9H;/q2*-1;. The summed E-state index contributed by atoms with van der Waals surface area (Å²) in [5.74, 6) is 0.813. The zero-order valence-corrected chi connectivity index (χ0v) is 34.4. The van der Waals surface area contributed by atoms with Crippen molar-refractivity contribution in [3.8, 4) is 50.6 Å². The monoisotopic (exact) mass is 926 g/mol. The molecule has 0 saturated heterocycles. The first-order chi connectivity index (χ1) is 28.2. The molecular weight excluding hydrogens is 887 g/mol. The normalized spacial score (nSPS) is 10.8. The van der Waals surface area contributed by atoms with Crippen LogP contribution in [0.1, 0.15) is 16.7 Å².